The van der Waals surface area contributed by atoms with E-state index in [1.54, 1.807) is 4.90 Å². The maximum absolute atomic E-state index is 12.8. The molecule has 1 atom stereocenters. The second-order valence-electron chi connectivity index (χ2n) is 6.79. The Labute approximate surface area is 158 Å². The van der Waals surface area contributed by atoms with Gasteiger partial charge in [0, 0.05) is 39.0 Å². The Balaban J connectivity index is 1.77. The largest absolute Gasteiger partial charge is 0.335 e. The smallest absolute Gasteiger partial charge is 0.271 e. The van der Waals surface area contributed by atoms with Crippen LogP contribution < -0.4 is 0 Å². The van der Waals surface area contributed by atoms with Crippen LogP contribution in [-0.4, -0.2) is 56.7 Å². The van der Waals surface area contributed by atoms with Crippen LogP contribution in [0.3, 0.4) is 0 Å². The van der Waals surface area contributed by atoms with Crippen LogP contribution in [0.4, 0.5) is 0 Å². The Morgan fingerprint density at radius 1 is 1.26 bits per heavy atom. The van der Waals surface area contributed by atoms with E-state index < -0.39 is 0 Å². The molecule has 0 radical (unpaired) electrons. The maximum atomic E-state index is 12.8. The summed E-state index contributed by atoms with van der Waals surface area (Å²) in [5, 5.41) is 6.52. The number of aromatic nitrogens is 2. The SMILES string of the molecule is CCC1CN(C(=O)c2cc(C(C)=O)n[nH]2)CCC(=O)N1Cc1ccccc1. The van der Waals surface area contributed by atoms with E-state index in [-0.39, 0.29) is 41.4 Å². The first-order chi connectivity index (χ1) is 13.0. The normalized spacial score (nSPS) is 17.7. The van der Waals surface area contributed by atoms with Gasteiger partial charge in [-0.15, -0.1) is 0 Å². The van der Waals surface area contributed by atoms with E-state index in [0.29, 0.717) is 19.6 Å². The van der Waals surface area contributed by atoms with Crippen molar-refractivity contribution in [2.75, 3.05) is 13.1 Å². The standard InChI is InChI=1S/C20H24N4O3/c1-3-16-13-23(20(27)18-11-17(14(2)25)21-22-18)10-9-19(26)24(16)12-15-7-5-4-6-8-15/h4-8,11,16H,3,9-10,12-13H2,1-2H3,(H,21,22). The molecule has 0 aliphatic carbocycles. The molecule has 27 heavy (non-hydrogen) atoms. The van der Waals surface area contributed by atoms with E-state index in [1.165, 1.54) is 13.0 Å². The summed E-state index contributed by atoms with van der Waals surface area (Å²) in [5.74, 6) is -0.380. The second-order valence-corrected chi connectivity index (χ2v) is 6.79. The number of hydrogen-bond donors (Lipinski definition) is 1. The van der Waals surface area contributed by atoms with E-state index in [4.69, 9.17) is 0 Å². The molecule has 1 aromatic carbocycles. The Morgan fingerprint density at radius 2 is 2.00 bits per heavy atom. The summed E-state index contributed by atoms with van der Waals surface area (Å²) in [4.78, 5) is 40.5. The van der Waals surface area contributed by atoms with Crippen LogP contribution in [0.2, 0.25) is 0 Å². The molecule has 0 spiro atoms. The van der Waals surface area contributed by atoms with E-state index in [0.717, 1.165) is 12.0 Å². The molecule has 1 unspecified atom stereocenters. The number of rotatable bonds is 5. The average molecular weight is 368 g/mol. The number of amides is 2. The second kappa shape index (κ2) is 8.16. The number of benzene rings is 1. The first-order valence-electron chi connectivity index (χ1n) is 9.18. The number of ketones is 1. The predicted octanol–water partition coefficient (Wildman–Crippen LogP) is 2.27. The fourth-order valence-corrected chi connectivity index (χ4v) is 3.34. The third-order valence-corrected chi connectivity index (χ3v) is 4.91. The summed E-state index contributed by atoms with van der Waals surface area (Å²) >= 11 is 0. The Hall–Kier alpha value is -2.96. The van der Waals surface area contributed by atoms with Crippen molar-refractivity contribution < 1.29 is 14.4 Å². The van der Waals surface area contributed by atoms with Gasteiger partial charge >= 0.3 is 0 Å². The molecule has 2 heterocycles. The number of nitrogens with zero attached hydrogens (tertiary/aromatic N) is 3. The van der Waals surface area contributed by atoms with E-state index in [9.17, 15) is 14.4 Å². The number of nitrogens with one attached hydrogen (secondary N) is 1. The van der Waals surface area contributed by atoms with Gasteiger partial charge in [-0.3, -0.25) is 19.5 Å². The number of aromatic amines is 1. The lowest BCUT2D eigenvalue weighted by Gasteiger charge is -2.31. The molecular weight excluding hydrogens is 344 g/mol. The number of H-pyrrole nitrogens is 1. The van der Waals surface area contributed by atoms with Gasteiger partial charge in [-0.2, -0.15) is 5.10 Å². The zero-order chi connectivity index (χ0) is 19.4. The molecule has 7 nitrogen and oxygen atoms in total. The highest BCUT2D eigenvalue weighted by atomic mass is 16.2. The first-order valence-corrected chi connectivity index (χ1v) is 9.18. The van der Waals surface area contributed by atoms with Crippen molar-refractivity contribution in [1.82, 2.24) is 20.0 Å². The lowest BCUT2D eigenvalue weighted by Crippen LogP contribution is -2.43. The molecule has 7 heteroatoms. The molecule has 1 fully saturated rings. The molecule has 0 bridgehead atoms. The van der Waals surface area contributed by atoms with E-state index in [2.05, 4.69) is 10.2 Å². The fourth-order valence-electron chi connectivity index (χ4n) is 3.34. The summed E-state index contributed by atoms with van der Waals surface area (Å²) in [6, 6.07) is 11.3. The molecule has 3 rings (SSSR count). The minimum absolute atomic E-state index is 0.0510. The van der Waals surface area contributed by atoms with E-state index in [1.807, 2.05) is 42.2 Å². The van der Waals surface area contributed by atoms with Crippen molar-refractivity contribution >= 4 is 17.6 Å². The lowest BCUT2D eigenvalue weighted by atomic mass is 10.1. The zero-order valence-corrected chi connectivity index (χ0v) is 15.6. The maximum Gasteiger partial charge on any atom is 0.271 e. The molecule has 0 saturated carbocycles. The van der Waals surface area contributed by atoms with Gasteiger partial charge in [0.05, 0.1) is 0 Å². The average Bonchev–Trinajstić information content (AvgIpc) is 3.12. The van der Waals surface area contributed by atoms with Crippen molar-refractivity contribution in [2.24, 2.45) is 0 Å². The van der Waals surface area contributed by atoms with Gasteiger partial charge in [0.25, 0.3) is 5.91 Å². The van der Waals surface area contributed by atoms with Gasteiger partial charge in [-0.1, -0.05) is 37.3 Å². The lowest BCUT2D eigenvalue weighted by molar-refractivity contribution is -0.133. The topological polar surface area (TPSA) is 86.4 Å². The number of carbonyl (C=O) groups excluding carboxylic acids is 3. The van der Waals surface area contributed by atoms with Crippen molar-refractivity contribution in [3.8, 4) is 0 Å². The van der Waals surface area contributed by atoms with Crippen molar-refractivity contribution in [2.45, 2.75) is 39.3 Å². The first kappa shape index (κ1) is 18.8. The molecule has 1 aliphatic heterocycles. The third kappa shape index (κ3) is 4.24. The van der Waals surface area contributed by atoms with Crippen LogP contribution in [-0.2, 0) is 11.3 Å². The molecule has 2 aromatic rings. The van der Waals surface area contributed by atoms with Gasteiger partial charge in [0.1, 0.15) is 11.4 Å². The Morgan fingerprint density at radius 3 is 2.63 bits per heavy atom. The van der Waals surface area contributed by atoms with Crippen LogP contribution in [0.25, 0.3) is 0 Å². The summed E-state index contributed by atoms with van der Waals surface area (Å²) < 4.78 is 0. The highest BCUT2D eigenvalue weighted by Crippen LogP contribution is 2.19. The predicted molar refractivity (Wildman–Crippen MR) is 100 cm³/mol. The monoisotopic (exact) mass is 368 g/mol. The molecule has 1 aromatic heterocycles. The molecular formula is C20H24N4O3. The van der Waals surface area contributed by atoms with Crippen LogP contribution >= 0.6 is 0 Å². The summed E-state index contributed by atoms with van der Waals surface area (Å²) in [6.07, 6.45) is 1.03. The van der Waals surface area contributed by atoms with Gasteiger partial charge in [0.15, 0.2) is 5.78 Å². The fraction of sp³-hybridized carbons (Fsp3) is 0.400. The van der Waals surface area contributed by atoms with Gasteiger partial charge in [-0.05, 0) is 18.1 Å². The number of carbonyl (C=O) groups is 3. The van der Waals surface area contributed by atoms with Crippen LogP contribution in [0, 0.1) is 0 Å². The quantitative estimate of drug-likeness (QED) is 0.820. The van der Waals surface area contributed by atoms with Crippen LogP contribution in [0.15, 0.2) is 36.4 Å². The van der Waals surface area contributed by atoms with Crippen molar-refractivity contribution in [3.63, 3.8) is 0 Å². The summed E-state index contributed by atoms with van der Waals surface area (Å²) in [7, 11) is 0. The number of Topliss-reactive ketones (excluding diaryl/α,β-unsaturated/α-hetero) is 1. The Kier molecular flexibility index (Phi) is 5.69. The number of hydrogen-bond acceptors (Lipinski definition) is 4. The molecule has 2 amide bonds. The highest BCUT2D eigenvalue weighted by molar-refractivity contribution is 5.97. The Bertz CT molecular complexity index is 831. The van der Waals surface area contributed by atoms with Gasteiger partial charge in [0.2, 0.25) is 5.91 Å². The molecule has 1 saturated heterocycles. The summed E-state index contributed by atoms with van der Waals surface area (Å²) in [5.41, 5.74) is 1.59. The van der Waals surface area contributed by atoms with Crippen molar-refractivity contribution in [3.05, 3.63) is 53.3 Å². The van der Waals surface area contributed by atoms with Crippen LogP contribution in [0.5, 0.6) is 0 Å². The zero-order valence-electron chi connectivity index (χ0n) is 15.6. The molecule has 142 valence electrons. The van der Waals surface area contributed by atoms with Gasteiger partial charge in [-0.25, -0.2) is 0 Å². The summed E-state index contributed by atoms with van der Waals surface area (Å²) in [6.45, 7) is 4.78. The molecule has 1 aliphatic rings. The third-order valence-electron chi connectivity index (χ3n) is 4.91. The van der Waals surface area contributed by atoms with Crippen LogP contribution in [0.1, 0.15) is 53.2 Å². The minimum atomic E-state index is -0.234. The highest BCUT2D eigenvalue weighted by Gasteiger charge is 2.31. The van der Waals surface area contributed by atoms with Crippen molar-refractivity contribution in [1.29, 1.82) is 0 Å². The van der Waals surface area contributed by atoms with E-state index >= 15 is 0 Å². The minimum Gasteiger partial charge on any atom is -0.335 e. The van der Waals surface area contributed by atoms with Gasteiger partial charge < -0.3 is 9.80 Å². The molecule has 1 N–H and O–H groups in total.